The lowest BCUT2D eigenvalue weighted by Crippen LogP contribution is -2.14. The molecule has 8 nitrogen and oxygen atoms in total. The SMILES string of the molecule is Cc1ccc([N+](=O)[O-])cc1NC(=O)c1ccc(NS(=O)(=O)c2ccccc2)cc1. The second-order valence-electron chi connectivity index (χ2n) is 6.21. The maximum Gasteiger partial charge on any atom is 0.271 e. The first-order chi connectivity index (χ1) is 13.8. The van der Waals surface area contributed by atoms with Gasteiger partial charge in [-0.2, -0.15) is 0 Å². The Hall–Kier alpha value is -3.72. The highest BCUT2D eigenvalue weighted by molar-refractivity contribution is 7.92. The summed E-state index contributed by atoms with van der Waals surface area (Å²) >= 11 is 0. The molecule has 2 N–H and O–H groups in total. The number of aryl methyl sites for hydroxylation is 1. The number of nitro groups is 1. The van der Waals surface area contributed by atoms with Crippen LogP contribution >= 0.6 is 0 Å². The molecule has 0 aliphatic heterocycles. The summed E-state index contributed by atoms with van der Waals surface area (Å²) in [6.07, 6.45) is 0. The first-order valence-electron chi connectivity index (χ1n) is 8.50. The minimum atomic E-state index is -3.73. The van der Waals surface area contributed by atoms with E-state index in [9.17, 15) is 23.3 Å². The molecular formula is C20H17N3O5S. The third-order valence-corrected chi connectivity index (χ3v) is 5.53. The van der Waals surface area contributed by atoms with Gasteiger partial charge in [0.1, 0.15) is 0 Å². The van der Waals surface area contributed by atoms with Crippen LogP contribution < -0.4 is 10.0 Å². The Balaban J connectivity index is 1.74. The highest BCUT2D eigenvalue weighted by Gasteiger charge is 2.15. The van der Waals surface area contributed by atoms with Gasteiger partial charge >= 0.3 is 0 Å². The molecule has 0 spiro atoms. The van der Waals surface area contributed by atoms with Crippen LogP contribution in [0, 0.1) is 17.0 Å². The van der Waals surface area contributed by atoms with Gasteiger partial charge in [-0.3, -0.25) is 19.6 Å². The molecule has 0 aliphatic rings. The van der Waals surface area contributed by atoms with Gasteiger partial charge in [0.2, 0.25) is 0 Å². The Morgan fingerprint density at radius 1 is 0.966 bits per heavy atom. The molecule has 0 fully saturated rings. The fraction of sp³-hybridized carbons (Fsp3) is 0.0500. The molecule has 29 heavy (non-hydrogen) atoms. The molecule has 148 valence electrons. The zero-order valence-electron chi connectivity index (χ0n) is 15.3. The van der Waals surface area contributed by atoms with Gasteiger partial charge in [0.05, 0.1) is 15.5 Å². The van der Waals surface area contributed by atoms with Crippen LogP contribution in [0.4, 0.5) is 17.1 Å². The summed E-state index contributed by atoms with van der Waals surface area (Å²) in [5, 5.41) is 13.5. The smallest absolute Gasteiger partial charge is 0.271 e. The molecule has 9 heteroatoms. The lowest BCUT2D eigenvalue weighted by molar-refractivity contribution is -0.384. The predicted octanol–water partition coefficient (Wildman–Crippen LogP) is 3.96. The molecule has 0 radical (unpaired) electrons. The van der Waals surface area contributed by atoms with E-state index in [1.807, 2.05) is 0 Å². The van der Waals surface area contributed by atoms with Crippen molar-refractivity contribution in [2.24, 2.45) is 0 Å². The van der Waals surface area contributed by atoms with E-state index < -0.39 is 20.9 Å². The van der Waals surface area contributed by atoms with Crippen molar-refractivity contribution in [3.8, 4) is 0 Å². The number of rotatable bonds is 6. The number of hydrogen-bond donors (Lipinski definition) is 2. The number of nitrogens with zero attached hydrogens (tertiary/aromatic N) is 1. The molecule has 0 heterocycles. The van der Waals surface area contributed by atoms with Gasteiger partial charge in [-0.25, -0.2) is 8.42 Å². The van der Waals surface area contributed by atoms with Crippen LogP contribution in [0.3, 0.4) is 0 Å². The number of non-ortho nitro benzene ring substituents is 1. The van der Waals surface area contributed by atoms with Crippen LogP contribution in [0.1, 0.15) is 15.9 Å². The summed E-state index contributed by atoms with van der Waals surface area (Å²) in [5.41, 5.74) is 1.46. The van der Waals surface area contributed by atoms with Crippen LogP contribution in [0.15, 0.2) is 77.7 Å². The Morgan fingerprint density at radius 3 is 2.24 bits per heavy atom. The third kappa shape index (κ3) is 4.77. The van der Waals surface area contributed by atoms with Gasteiger partial charge in [-0.05, 0) is 48.9 Å². The van der Waals surface area contributed by atoms with Gasteiger partial charge in [-0.1, -0.05) is 24.3 Å². The highest BCUT2D eigenvalue weighted by Crippen LogP contribution is 2.23. The standard InChI is InChI=1S/C20H17N3O5S/c1-14-7-12-17(23(25)26)13-19(14)21-20(24)15-8-10-16(11-9-15)22-29(27,28)18-5-3-2-4-6-18/h2-13,22H,1H3,(H,21,24). The lowest BCUT2D eigenvalue weighted by Gasteiger charge is -2.10. The number of benzene rings is 3. The van der Waals surface area contributed by atoms with E-state index in [4.69, 9.17) is 0 Å². The predicted molar refractivity (Wildman–Crippen MR) is 109 cm³/mol. The summed E-state index contributed by atoms with van der Waals surface area (Å²) in [6, 6.07) is 18.0. The summed E-state index contributed by atoms with van der Waals surface area (Å²) in [7, 11) is -3.73. The number of amides is 1. The molecule has 0 saturated heterocycles. The minimum absolute atomic E-state index is 0.128. The number of carbonyl (C=O) groups is 1. The van der Waals surface area contributed by atoms with E-state index in [1.165, 1.54) is 48.5 Å². The van der Waals surface area contributed by atoms with Crippen LogP contribution in [0.5, 0.6) is 0 Å². The van der Waals surface area contributed by atoms with E-state index in [0.29, 0.717) is 16.9 Å². The molecule has 0 aliphatic carbocycles. The van der Waals surface area contributed by atoms with Crippen molar-refractivity contribution < 1.29 is 18.1 Å². The van der Waals surface area contributed by atoms with Gasteiger partial charge in [0.25, 0.3) is 21.6 Å². The summed E-state index contributed by atoms with van der Waals surface area (Å²) in [4.78, 5) is 22.9. The first kappa shape index (κ1) is 20.0. The van der Waals surface area contributed by atoms with E-state index in [2.05, 4.69) is 10.0 Å². The van der Waals surface area contributed by atoms with Crippen LogP contribution in [0.25, 0.3) is 0 Å². The van der Waals surface area contributed by atoms with Crippen molar-refractivity contribution in [2.75, 3.05) is 10.0 Å². The van der Waals surface area contributed by atoms with E-state index in [0.717, 1.165) is 0 Å². The van der Waals surface area contributed by atoms with Crippen molar-refractivity contribution in [1.82, 2.24) is 0 Å². The van der Waals surface area contributed by atoms with Crippen molar-refractivity contribution in [1.29, 1.82) is 0 Å². The van der Waals surface area contributed by atoms with Gasteiger partial charge < -0.3 is 5.32 Å². The van der Waals surface area contributed by atoms with Gasteiger partial charge in [0.15, 0.2) is 0 Å². The Bertz CT molecular complexity index is 1160. The largest absolute Gasteiger partial charge is 0.321 e. The van der Waals surface area contributed by atoms with Gasteiger partial charge in [0, 0.05) is 23.4 Å². The average Bonchev–Trinajstić information content (AvgIpc) is 2.70. The summed E-state index contributed by atoms with van der Waals surface area (Å²) < 4.78 is 27.1. The molecule has 0 atom stereocenters. The summed E-state index contributed by atoms with van der Waals surface area (Å²) in [6.45, 7) is 1.72. The van der Waals surface area contributed by atoms with Crippen molar-refractivity contribution >= 4 is 33.0 Å². The van der Waals surface area contributed by atoms with E-state index in [1.54, 1.807) is 31.2 Å². The highest BCUT2D eigenvalue weighted by atomic mass is 32.2. The molecule has 0 unspecified atom stereocenters. The van der Waals surface area contributed by atoms with Crippen LogP contribution in [0.2, 0.25) is 0 Å². The van der Waals surface area contributed by atoms with Crippen molar-refractivity contribution in [2.45, 2.75) is 11.8 Å². The normalized spacial score (nSPS) is 10.9. The number of nitro benzene ring substituents is 1. The molecule has 3 aromatic rings. The molecule has 0 saturated carbocycles. The molecule has 0 bridgehead atoms. The number of anilines is 2. The average molecular weight is 411 g/mol. The fourth-order valence-electron chi connectivity index (χ4n) is 2.56. The maximum atomic E-state index is 12.4. The zero-order chi connectivity index (χ0) is 21.0. The Morgan fingerprint density at radius 2 is 1.62 bits per heavy atom. The molecule has 3 rings (SSSR count). The quantitative estimate of drug-likeness (QED) is 0.470. The monoisotopic (exact) mass is 411 g/mol. The molecule has 1 amide bonds. The van der Waals surface area contributed by atoms with E-state index in [-0.39, 0.29) is 16.1 Å². The molecule has 0 aromatic heterocycles. The van der Waals surface area contributed by atoms with Crippen molar-refractivity contribution in [3.05, 3.63) is 94.0 Å². The van der Waals surface area contributed by atoms with Crippen LogP contribution in [-0.4, -0.2) is 19.2 Å². The maximum absolute atomic E-state index is 12.4. The fourth-order valence-corrected chi connectivity index (χ4v) is 3.64. The zero-order valence-corrected chi connectivity index (χ0v) is 16.1. The topological polar surface area (TPSA) is 118 Å². The number of hydrogen-bond acceptors (Lipinski definition) is 5. The van der Waals surface area contributed by atoms with Gasteiger partial charge in [-0.15, -0.1) is 0 Å². The molecule has 3 aromatic carbocycles. The molecular weight excluding hydrogens is 394 g/mol. The van der Waals surface area contributed by atoms with Crippen molar-refractivity contribution in [3.63, 3.8) is 0 Å². The summed E-state index contributed by atoms with van der Waals surface area (Å²) in [5.74, 6) is -0.467. The number of carbonyl (C=O) groups excluding carboxylic acids is 1. The number of nitrogens with one attached hydrogen (secondary N) is 2. The minimum Gasteiger partial charge on any atom is -0.321 e. The second kappa shape index (κ2) is 8.11. The number of sulfonamides is 1. The Kier molecular flexibility index (Phi) is 5.60. The Labute approximate surface area is 167 Å². The van der Waals surface area contributed by atoms with Crippen LogP contribution in [-0.2, 0) is 10.0 Å². The first-order valence-corrected chi connectivity index (χ1v) is 9.99. The second-order valence-corrected chi connectivity index (χ2v) is 7.89. The lowest BCUT2D eigenvalue weighted by atomic mass is 10.1. The van der Waals surface area contributed by atoms with E-state index >= 15 is 0 Å². The third-order valence-electron chi connectivity index (χ3n) is 4.13.